The molecule has 10 nitrogen and oxygen atoms in total. The van der Waals surface area contributed by atoms with Crippen molar-refractivity contribution >= 4 is 22.7 Å². The van der Waals surface area contributed by atoms with Crippen LogP contribution in [0.2, 0.25) is 0 Å². The highest BCUT2D eigenvalue weighted by Crippen LogP contribution is 2.55. The van der Waals surface area contributed by atoms with Crippen molar-refractivity contribution in [2.24, 2.45) is 5.73 Å². The molecule has 0 spiro atoms. The third kappa shape index (κ3) is 4.38. The fraction of sp³-hybridized carbons (Fsp3) is 0.375. The highest BCUT2D eigenvalue weighted by molar-refractivity contribution is 6.00. The van der Waals surface area contributed by atoms with E-state index >= 15 is 4.39 Å². The van der Waals surface area contributed by atoms with E-state index < -0.39 is 40.9 Å². The summed E-state index contributed by atoms with van der Waals surface area (Å²) < 4.78 is 43.2. The largest absolute Gasteiger partial charge is 0.494 e. The number of benzene rings is 2. The summed E-state index contributed by atoms with van der Waals surface area (Å²) >= 11 is 0. The Kier molecular flexibility index (Phi) is 6.23. The van der Waals surface area contributed by atoms with Gasteiger partial charge in [0.25, 0.3) is 5.91 Å². The van der Waals surface area contributed by atoms with Gasteiger partial charge in [-0.2, -0.15) is 5.10 Å². The zero-order valence-corrected chi connectivity index (χ0v) is 24.2. The Morgan fingerprint density at radius 2 is 1.95 bits per heavy atom. The highest BCUT2D eigenvalue weighted by atomic mass is 19.1. The van der Waals surface area contributed by atoms with Gasteiger partial charge in [-0.25, -0.2) is 13.8 Å². The van der Waals surface area contributed by atoms with Crippen LogP contribution in [0.5, 0.6) is 11.5 Å². The molecule has 3 heterocycles. The van der Waals surface area contributed by atoms with Gasteiger partial charge < -0.3 is 25.6 Å². The molecule has 1 unspecified atom stereocenters. The van der Waals surface area contributed by atoms with Crippen LogP contribution in [0, 0.1) is 5.82 Å². The maximum absolute atomic E-state index is 16.1. The Bertz CT molecular complexity index is 1840. The molecule has 0 bridgehead atoms. The summed E-state index contributed by atoms with van der Waals surface area (Å²) in [4.78, 5) is 30.7. The van der Waals surface area contributed by atoms with Crippen molar-refractivity contribution in [2.75, 3.05) is 20.3 Å². The molecule has 2 aromatic heterocycles. The highest BCUT2D eigenvalue weighted by Gasteiger charge is 2.62. The first kappa shape index (κ1) is 28.2. The van der Waals surface area contributed by atoms with Crippen LogP contribution in [0.15, 0.2) is 48.7 Å². The van der Waals surface area contributed by atoms with E-state index in [1.54, 1.807) is 19.1 Å². The van der Waals surface area contributed by atoms with Gasteiger partial charge >= 0.3 is 0 Å². The molecule has 7 rings (SSSR count). The van der Waals surface area contributed by atoms with Gasteiger partial charge in [0.2, 0.25) is 5.91 Å². The van der Waals surface area contributed by atoms with Crippen LogP contribution >= 0.6 is 0 Å². The summed E-state index contributed by atoms with van der Waals surface area (Å²) in [5.74, 6) is -1.05. The van der Waals surface area contributed by atoms with Crippen molar-refractivity contribution in [2.45, 2.75) is 55.3 Å². The molecule has 2 fully saturated rings. The number of aromatic nitrogens is 3. The van der Waals surface area contributed by atoms with Crippen LogP contribution < -0.4 is 20.5 Å². The molecule has 2 aromatic carbocycles. The molecular formula is C32H31F2N5O5. The lowest BCUT2D eigenvalue weighted by atomic mass is 9.80. The molecule has 2 atom stereocenters. The van der Waals surface area contributed by atoms with Crippen molar-refractivity contribution < 1.29 is 33.0 Å². The fourth-order valence-electron chi connectivity index (χ4n) is 5.85. The minimum absolute atomic E-state index is 0.0355. The summed E-state index contributed by atoms with van der Waals surface area (Å²) in [7, 11) is 1.49. The smallest absolute Gasteiger partial charge is 0.251 e. The van der Waals surface area contributed by atoms with Crippen LogP contribution in [0.1, 0.15) is 60.3 Å². The van der Waals surface area contributed by atoms with Crippen molar-refractivity contribution in [3.8, 4) is 22.8 Å². The predicted octanol–water partition coefficient (Wildman–Crippen LogP) is 3.84. The van der Waals surface area contributed by atoms with Crippen LogP contribution in [0.3, 0.4) is 0 Å². The second-order valence-corrected chi connectivity index (χ2v) is 12.2. The van der Waals surface area contributed by atoms with Gasteiger partial charge in [0.05, 0.1) is 25.4 Å². The zero-order chi connectivity index (χ0) is 31.0. The number of methoxy groups -OCH3 is 1. The van der Waals surface area contributed by atoms with E-state index in [4.69, 9.17) is 15.2 Å². The SMILES string of the molecule is COc1cc(C(=O)NCC(O)(c2cc3c(c(-c4ccc(F)cc4)n2)OC[C@]3(C)C(N)=O)C2(F)CC2)cc2cn(C3CC3)nc12. The number of ether oxygens (including phenoxy) is 2. The number of carbonyl (C=O) groups is 2. The fourth-order valence-corrected chi connectivity index (χ4v) is 5.85. The third-order valence-corrected chi connectivity index (χ3v) is 9.09. The quantitative estimate of drug-likeness (QED) is 0.264. The molecule has 1 aliphatic heterocycles. The average molecular weight is 604 g/mol. The molecule has 2 aliphatic carbocycles. The molecule has 2 saturated carbocycles. The number of primary amides is 1. The van der Waals surface area contributed by atoms with E-state index in [1.165, 1.54) is 37.4 Å². The van der Waals surface area contributed by atoms with Gasteiger partial charge in [-0.15, -0.1) is 0 Å². The number of nitrogens with zero attached hydrogens (tertiary/aromatic N) is 3. The van der Waals surface area contributed by atoms with E-state index in [9.17, 15) is 19.1 Å². The number of hydrogen-bond donors (Lipinski definition) is 3. The summed E-state index contributed by atoms with van der Waals surface area (Å²) in [6.07, 6.45) is 4.02. The number of pyridine rings is 1. The van der Waals surface area contributed by atoms with Gasteiger partial charge in [-0.3, -0.25) is 14.3 Å². The monoisotopic (exact) mass is 603 g/mol. The number of hydrogen-bond acceptors (Lipinski definition) is 7. The van der Waals surface area contributed by atoms with Crippen molar-refractivity contribution in [3.63, 3.8) is 0 Å². The molecular weight excluding hydrogens is 572 g/mol. The minimum Gasteiger partial charge on any atom is -0.494 e. The Labute approximate surface area is 251 Å². The van der Waals surface area contributed by atoms with Gasteiger partial charge in [-0.05, 0) is 75.1 Å². The van der Waals surface area contributed by atoms with E-state index in [2.05, 4.69) is 15.4 Å². The molecule has 4 N–H and O–H groups in total. The number of nitrogens with one attached hydrogen (secondary N) is 1. The number of nitrogens with two attached hydrogens (primary N) is 1. The first-order valence-electron chi connectivity index (χ1n) is 14.5. The standard InChI is InChI=1S/C32H31F2N5O5/c1-30(29(35)41)16-44-27-22(30)13-24(37-26(27)17-3-5-20(33)6-4-17)32(42,31(34)9-10-31)15-36-28(40)18-11-19-14-39(21-7-8-21)38-25(19)23(12-18)43-2/h3-6,11-14,21,42H,7-10,15-16H2,1-2H3,(H2,35,41)(H,36,40)/t30-,32?/m0/s1. The van der Waals surface area contributed by atoms with Crippen LogP contribution in [-0.4, -0.2) is 57.6 Å². The van der Waals surface area contributed by atoms with Crippen LogP contribution in [0.25, 0.3) is 22.2 Å². The first-order chi connectivity index (χ1) is 21.0. The lowest BCUT2D eigenvalue weighted by Crippen LogP contribution is -2.49. The van der Waals surface area contributed by atoms with Crippen LogP contribution in [-0.2, 0) is 15.8 Å². The maximum atomic E-state index is 16.1. The summed E-state index contributed by atoms with van der Waals surface area (Å²) in [5, 5.41) is 20.1. The Morgan fingerprint density at radius 1 is 1.23 bits per heavy atom. The van der Waals surface area contributed by atoms with Gasteiger partial charge in [-0.1, -0.05) is 0 Å². The van der Waals surface area contributed by atoms with E-state index in [-0.39, 0.29) is 42.1 Å². The summed E-state index contributed by atoms with van der Waals surface area (Å²) in [5.41, 5.74) is 1.81. The summed E-state index contributed by atoms with van der Waals surface area (Å²) in [6.45, 7) is 0.985. The normalized spacial score (nSPS) is 21.3. The number of fused-ring (bicyclic) bond motifs is 2. The number of carbonyl (C=O) groups excluding carboxylic acids is 2. The van der Waals surface area contributed by atoms with Crippen LogP contribution in [0.4, 0.5) is 8.78 Å². The van der Waals surface area contributed by atoms with Gasteiger partial charge in [0, 0.05) is 28.3 Å². The molecule has 3 aliphatic rings. The second kappa shape index (κ2) is 9.71. The molecule has 228 valence electrons. The lowest BCUT2D eigenvalue weighted by molar-refractivity contribution is -0.123. The Balaban J connectivity index is 1.27. The number of alkyl halides is 1. The summed E-state index contributed by atoms with van der Waals surface area (Å²) in [6, 6.07) is 10.4. The molecule has 2 amide bonds. The van der Waals surface area contributed by atoms with E-state index in [0.29, 0.717) is 28.4 Å². The first-order valence-corrected chi connectivity index (χ1v) is 14.5. The Morgan fingerprint density at radius 3 is 2.59 bits per heavy atom. The molecule has 4 aromatic rings. The Hall–Kier alpha value is -4.58. The van der Waals surface area contributed by atoms with Crippen molar-refractivity contribution in [3.05, 3.63) is 71.3 Å². The number of aliphatic hydroxyl groups is 1. The lowest BCUT2D eigenvalue weighted by Gasteiger charge is -2.33. The predicted molar refractivity (Wildman–Crippen MR) is 156 cm³/mol. The molecule has 12 heteroatoms. The average Bonchev–Trinajstić information content (AvgIpc) is 3.93. The van der Waals surface area contributed by atoms with Crippen molar-refractivity contribution in [1.29, 1.82) is 0 Å². The number of halogens is 2. The zero-order valence-electron chi connectivity index (χ0n) is 24.2. The van der Waals surface area contributed by atoms with Gasteiger partial charge in [0.1, 0.15) is 46.2 Å². The number of amides is 2. The molecule has 0 radical (unpaired) electrons. The topological polar surface area (TPSA) is 142 Å². The molecule has 0 saturated heterocycles. The maximum Gasteiger partial charge on any atom is 0.251 e. The third-order valence-electron chi connectivity index (χ3n) is 9.09. The van der Waals surface area contributed by atoms with E-state index in [0.717, 1.165) is 18.2 Å². The minimum atomic E-state index is -2.28. The second-order valence-electron chi connectivity index (χ2n) is 12.2. The van der Waals surface area contributed by atoms with Gasteiger partial charge in [0.15, 0.2) is 5.60 Å². The number of rotatable bonds is 9. The van der Waals surface area contributed by atoms with Crippen molar-refractivity contribution in [1.82, 2.24) is 20.1 Å². The van der Waals surface area contributed by atoms with E-state index in [1.807, 2.05) is 10.9 Å². The molecule has 44 heavy (non-hydrogen) atoms.